The Morgan fingerprint density at radius 2 is 2.06 bits per heavy atom. The van der Waals surface area contributed by atoms with E-state index in [1.807, 2.05) is 0 Å². The summed E-state index contributed by atoms with van der Waals surface area (Å²) in [6.07, 6.45) is -3.88. The summed E-state index contributed by atoms with van der Waals surface area (Å²) in [5, 5.41) is 2.21. The number of hydrogen-bond donors (Lipinski definition) is 1. The first-order chi connectivity index (χ1) is 8.36. The fraction of sp³-hybridized carbons (Fsp3) is 0.0909. The molecule has 94 valence electrons. The highest BCUT2D eigenvalue weighted by atomic mass is 32.1. The Bertz CT molecular complexity index is 551. The highest BCUT2D eigenvalue weighted by molar-refractivity contribution is 7.80. The molecule has 1 aliphatic rings. The fourth-order valence-corrected chi connectivity index (χ4v) is 1.56. The molecule has 1 fully saturated rings. The molecule has 1 aromatic rings. The van der Waals surface area contributed by atoms with E-state index in [1.165, 1.54) is 18.2 Å². The molecule has 1 saturated heterocycles. The highest BCUT2D eigenvalue weighted by Gasteiger charge is 2.30. The maximum Gasteiger partial charge on any atom is 0.417 e. The molecule has 3 nitrogen and oxygen atoms in total. The van der Waals surface area contributed by atoms with Gasteiger partial charge in [0.1, 0.15) is 0 Å². The van der Waals surface area contributed by atoms with Crippen molar-refractivity contribution in [1.82, 2.24) is 5.32 Å². The number of halogens is 3. The molecule has 0 radical (unpaired) electrons. The van der Waals surface area contributed by atoms with Crippen LogP contribution in [0, 0.1) is 0 Å². The summed E-state index contributed by atoms with van der Waals surface area (Å²) in [5.74, 6) is 0.0364. The SMILES string of the molecule is O=C1NC(=S)/C(=C/c2cccc(C(F)(F)F)c2)O1. The van der Waals surface area contributed by atoms with E-state index in [2.05, 4.69) is 5.32 Å². The first-order valence-corrected chi connectivity index (χ1v) is 5.19. The van der Waals surface area contributed by atoms with Crippen molar-refractivity contribution in [2.24, 2.45) is 0 Å². The maximum absolute atomic E-state index is 12.5. The van der Waals surface area contributed by atoms with Gasteiger partial charge < -0.3 is 4.74 Å². The zero-order chi connectivity index (χ0) is 13.3. The third-order valence-electron chi connectivity index (χ3n) is 2.15. The van der Waals surface area contributed by atoms with Crippen LogP contribution in [0.1, 0.15) is 11.1 Å². The van der Waals surface area contributed by atoms with Crippen LogP contribution in [0.15, 0.2) is 30.0 Å². The van der Waals surface area contributed by atoms with Gasteiger partial charge in [0.05, 0.1) is 5.56 Å². The standard InChI is InChI=1S/C11H6F3NO2S/c12-11(13,14)7-3-1-2-6(4-7)5-8-9(18)15-10(16)17-8/h1-5H,(H,15,16,18)/b8-5-. The molecule has 18 heavy (non-hydrogen) atoms. The first kappa shape index (κ1) is 12.6. The molecule has 0 unspecified atom stereocenters. The summed E-state index contributed by atoms with van der Waals surface area (Å²) in [6.45, 7) is 0. The van der Waals surface area contributed by atoms with Crippen LogP contribution in [0.5, 0.6) is 0 Å². The van der Waals surface area contributed by atoms with E-state index in [0.717, 1.165) is 12.1 Å². The van der Waals surface area contributed by atoms with Crippen molar-refractivity contribution in [3.63, 3.8) is 0 Å². The molecule has 7 heteroatoms. The number of nitrogens with one attached hydrogen (secondary N) is 1. The Hall–Kier alpha value is -1.89. The smallest absolute Gasteiger partial charge is 0.407 e. The summed E-state index contributed by atoms with van der Waals surface area (Å²) >= 11 is 4.78. The lowest BCUT2D eigenvalue weighted by molar-refractivity contribution is -0.137. The van der Waals surface area contributed by atoms with Gasteiger partial charge in [-0.25, -0.2) is 4.79 Å². The van der Waals surface area contributed by atoms with Crippen LogP contribution in [0.2, 0.25) is 0 Å². The van der Waals surface area contributed by atoms with Crippen LogP contribution < -0.4 is 5.32 Å². The topological polar surface area (TPSA) is 38.3 Å². The predicted octanol–water partition coefficient (Wildman–Crippen LogP) is 3.11. The van der Waals surface area contributed by atoms with Crippen molar-refractivity contribution in [3.05, 3.63) is 41.2 Å². The van der Waals surface area contributed by atoms with Crippen LogP contribution in [-0.2, 0) is 10.9 Å². The number of alkyl carbamates (subject to hydrolysis) is 1. The number of alkyl halides is 3. The second-order valence-corrected chi connectivity index (χ2v) is 3.88. The van der Waals surface area contributed by atoms with Crippen LogP contribution in [0.3, 0.4) is 0 Å². The maximum atomic E-state index is 12.5. The van der Waals surface area contributed by atoms with E-state index >= 15 is 0 Å². The van der Waals surface area contributed by atoms with Gasteiger partial charge in [-0.15, -0.1) is 0 Å². The number of ether oxygens (including phenoxy) is 1. The molecule has 0 bridgehead atoms. The fourth-order valence-electron chi connectivity index (χ4n) is 1.38. The average molecular weight is 273 g/mol. The normalized spacial score (nSPS) is 17.8. The summed E-state index contributed by atoms with van der Waals surface area (Å²) in [4.78, 5) is 10.9. The predicted molar refractivity (Wildman–Crippen MR) is 61.6 cm³/mol. The Morgan fingerprint density at radius 1 is 1.33 bits per heavy atom. The third kappa shape index (κ3) is 2.67. The molecule has 0 aliphatic carbocycles. The van der Waals surface area contributed by atoms with Crippen LogP contribution in [-0.4, -0.2) is 11.1 Å². The Labute approximate surface area is 105 Å². The number of carbonyl (C=O) groups is 1. The molecule has 0 atom stereocenters. The molecule has 0 saturated carbocycles. The summed E-state index contributed by atoms with van der Waals surface area (Å²) in [5.41, 5.74) is -0.529. The molecular formula is C11H6F3NO2S. The Balaban J connectivity index is 2.33. The van der Waals surface area contributed by atoms with Gasteiger partial charge in [0, 0.05) is 0 Å². The molecule has 1 N–H and O–H groups in total. The number of carbonyl (C=O) groups excluding carboxylic acids is 1. The van der Waals surface area contributed by atoms with Gasteiger partial charge in [0.15, 0.2) is 10.7 Å². The molecule has 1 aromatic carbocycles. The molecule has 2 rings (SSSR count). The molecule has 0 spiro atoms. The lowest BCUT2D eigenvalue weighted by Gasteiger charge is -2.06. The van der Waals surface area contributed by atoms with Crippen molar-refractivity contribution in [3.8, 4) is 0 Å². The van der Waals surface area contributed by atoms with Crippen molar-refractivity contribution in [1.29, 1.82) is 0 Å². The van der Waals surface area contributed by atoms with Crippen molar-refractivity contribution in [2.75, 3.05) is 0 Å². The Morgan fingerprint density at radius 3 is 2.61 bits per heavy atom. The van der Waals surface area contributed by atoms with E-state index in [4.69, 9.17) is 17.0 Å². The second-order valence-electron chi connectivity index (χ2n) is 3.48. The lowest BCUT2D eigenvalue weighted by Crippen LogP contribution is -2.16. The minimum atomic E-state index is -4.42. The molecular weight excluding hydrogens is 267 g/mol. The summed E-state index contributed by atoms with van der Waals surface area (Å²) in [7, 11) is 0. The van der Waals surface area contributed by atoms with Gasteiger partial charge >= 0.3 is 12.3 Å². The molecule has 1 aliphatic heterocycles. The van der Waals surface area contributed by atoms with Gasteiger partial charge in [-0.3, -0.25) is 5.32 Å². The second kappa shape index (κ2) is 4.41. The third-order valence-corrected chi connectivity index (χ3v) is 2.46. The van der Waals surface area contributed by atoms with Crippen molar-refractivity contribution in [2.45, 2.75) is 6.18 Å². The van der Waals surface area contributed by atoms with Gasteiger partial charge in [0.25, 0.3) is 0 Å². The van der Waals surface area contributed by atoms with Gasteiger partial charge in [-0.05, 0) is 23.8 Å². The van der Waals surface area contributed by atoms with E-state index in [-0.39, 0.29) is 16.3 Å². The molecule has 1 heterocycles. The van der Waals surface area contributed by atoms with Crippen molar-refractivity contribution < 1.29 is 22.7 Å². The lowest BCUT2D eigenvalue weighted by atomic mass is 10.1. The van der Waals surface area contributed by atoms with Gasteiger partial charge in [-0.1, -0.05) is 24.4 Å². The number of hydrogen-bond acceptors (Lipinski definition) is 3. The average Bonchev–Trinajstić information content (AvgIpc) is 2.56. The van der Waals surface area contributed by atoms with E-state index < -0.39 is 17.8 Å². The van der Waals surface area contributed by atoms with Crippen LogP contribution in [0.4, 0.5) is 18.0 Å². The number of benzene rings is 1. The van der Waals surface area contributed by atoms with Crippen LogP contribution in [0.25, 0.3) is 6.08 Å². The van der Waals surface area contributed by atoms with E-state index in [0.29, 0.717) is 0 Å². The minimum absolute atomic E-state index is 0.0364. The van der Waals surface area contributed by atoms with Gasteiger partial charge in [0.2, 0.25) is 0 Å². The zero-order valence-electron chi connectivity index (χ0n) is 8.75. The Kier molecular flexibility index (Phi) is 3.08. The van der Waals surface area contributed by atoms with E-state index in [1.54, 1.807) is 0 Å². The zero-order valence-corrected chi connectivity index (χ0v) is 9.56. The minimum Gasteiger partial charge on any atom is -0.407 e. The largest absolute Gasteiger partial charge is 0.417 e. The van der Waals surface area contributed by atoms with Gasteiger partial charge in [-0.2, -0.15) is 13.2 Å². The monoisotopic (exact) mass is 273 g/mol. The number of thiocarbonyl (C=S) groups is 1. The highest BCUT2D eigenvalue weighted by Crippen LogP contribution is 2.30. The molecule has 0 aromatic heterocycles. The quantitative estimate of drug-likeness (QED) is 0.631. The number of cyclic esters (lactones) is 1. The first-order valence-electron chi connectivity index (χ1n) is 4.78. The summed E-state index contributed by atoms with van der Waals surface area (Å²) in [6, 6.07) is 4.63. The summed E-state index contributed by atoms with van der Waals surface area (Å²) < 4.78 is 42.1. The molecule has 1 amide bonds. The number of rotatable bonds is 1. The van der Waals surface area contributed by atoms with E-state index in [9.17, 15) is 18.0 Å². The number of amides is 1. The van der Waals surface area contributed by atoms with Crippen molar-refractivity contribution >= 4 is 29.4 Å². The van der Waals surface area contributed by atoms with Crippen LogP contribution >= 0.6 is 12.2 Å².